The largest absolute Gasteiger partial charge is 0.480 e. The van der Waals surface area contributed by atoms with E-state index in [9.17, 15) is 9.90 Å². The Morgan fingerprint density at radius 1 is 1.47 bits per heavy atom. The van der Waals surface area contributed by atoms with Gasteiger partial charge in [0.05, 0.1) is 0 Å². The molecule has 0 aromatic rings. The van der Waals surface area contributed by atoms with Crippen molar-refractivity contribution in [1.82, 2.24) is 10.2 Å². The Morgan fingerprint density at radius 2 is 2.24 bits per heavy atom. The van der Waals surface area contributed by atoms with E-state index in [1.807, 2.05) is 0 Å². The standard InChI is InChI=1S/C13H26N2O2/c1-3-8-14-12(13(16)17)10-15-9-6-5-7-11(15)4-2/h11-12,14H,3-10H2,1-2H3,(H,16,17). The number of rotatable bonds is 7. The molecule has 0 saturated carbocycles. The first-order valence-corrected chi connectivity index (χ1v) is 6.89. The number of aliphatic carboxylic acids is 1. The van der Waals surface area contributed by atoms with Crippen LogP contribution < -0.4 is 5.32 Å². The van der Waals surface area contributed by atoms with E-state index in [0.717, 1.165) is 25.9 Å². The monoisotopic (exact) mass is 242 g/mol. The van der Waals surface area contributed by atoms with Gasteiger partial charge in [0.15, 0.2) is 0 Å². The van der Waals surface area contributed by atoms with Crippen LogP contribution in [0.4, 0.5) is 0 Å². The Morgan fingerprint density at radius 3 is 2.82 bits per heavy atom. The fourth-order valence-corrected chi connectivity index (χ4v) is 2.55. The van der Waals surface area contributed by atoms with Crippen molar-refractivity contribution in [2.24, 2.45) is 0 Å². The van der Waals surface area contributed by atoms with Gasteiger partial charge >= 0.3 is 5.97 Å². The van der Waals surface area contributed by atoms with Crippen LogP contribution in [0.2, 0.25) is 0 Å². The summed E-state index contributed by atoms with van der Waals surface area (Å²) in [5.41, 5.74) is 0. The molecule has 0 bridgehead atoms. The first-order valence-electron chi connectivity index (χ1n) is 6.89. The third-order valence-electron chi connectivity index (χ3n) is 3.58. The van der Waals surface area contributed by atoms with E-state index in [-0.39, 0.29) is 0 Å². The molecule has 17 heavy (non-hydrogen) atoms. The summed E-state index contributed by atoms with van der Waals surface area (Å²) < 4.78 is 0. The maximum atomic E-state index is 11.2. The van der Waals surface area contributed by atoms with E-state index < -0.39 is 12.0 Å². The lowest BCUT2D eigenvalue weighted by Gasteiger charge is -2.36. The zero-order valence-electron chi connectivity index (χ0n) is 11.1. The minimum Gasteiger partial charge on any atom is -0.480 e. The third-order valence-corrected chi connectivity index (χ3v) is 3.58. The molecule has 1 saturated heterocycles. The van der Waals surface area contributed by atoms with Crippen LogP contribution in [0.15, 0.2) is 0 Å². The molecule has 0 aromatic heterocycles. The fraction of sp³-hybridized carbons (Fsp3) is 0.923. The van der Waals surface area contributed by atoms with Crippen molar-refractivity contribution in [2.75, 3.05) is 19.6 Å². The van der Waals surface area contributed by atoms with Gasteiger partial charge in [0.25, 0.3) is 0 Å². The van der Waals surface area contributed by atoms with Crippen LogP contribution in [-0.4, -0.2) is 47.7 Å². The van der Waals surface area contributed by atoms with Crippen molar-refractivity contribution >= 4 is 5.97 Å². The van der Waals surface area contributed by atoms with E-state index in [1.165, 1.54) is 19.3 Å². The summed E-state index contributed by atoms with van der Waals surface area (Å²) in [4.78, 5) is 13.5. The average molecular weight is 242 g/mol. The predicted octanol–water partition coefficient (Wildman–Crippen LogP) is 1.70. The van der Waals surface area contributed by atoms with E-state index in [2.05, 4.69) is 24.1 Å². The number of likely N-dealkylation sites (tertiary alicyclic amines) is 1. The lowest BCUT2D eigenvalue weighted by Crippen LogP contribution is -2.50. The van der Waals surface area contributed by atoms with E-state index >= 15 is 0 Å². The minimum absolute atomic E-state index is 0.415. The Labute approximate surface area is 104 Å². The zero-order valence-corrected chi connectivity index (χ0v) is 11.1. The maximum Gasteiger partial charge on any atom is 0.322 e. The highest BCUT2D eigenvalue weighted by Gasteiger charge is 2.26. The average Bonchev–Trinajstić information content (AvgIpc) is 2.34. The molecular weight excluding hydrogens is 216 g/mol. The van der Waals surface area contributed by atoms with Crippen LogP contribution in [0.3, 0.4) is 0 Å². The molecular formula is C13H26N2O2. The summed E-state index contributed by atoms with van der Waals surface area (Å²) in [6.07, 6.45) is 5.81. The molecule has 4 heteroatoms. The third kappa shape index (κ3) is 4.64. The number of carbonyl (C=O) groups is 1. The summed E-state index contributed by atoms with van der Waals surface area (Å²) >= 11 is 0. The predicted molar refractivity (Wildman–Crippen MR) is 69.2 cm³/mol. The van der Waals surface area contributed by atoms with Gasteiger partial charge in [0.2, 0.25) is 0 Å². The maximum absolute atomic E-state index is 11.2. The van der Waals surface area contributed by atoms with Gasteiger partial charge in [0.1, 0.15) is 6.04 Å². The van der Waals surface area contributed by atoms with Crippen molar-refractivity contribution in [3.8, 4) is 0 Å². The summed E-state index contributed by atoms with van der Waals surface area (Å²) in [6, 6.07) is 0.163. The van der Waals surface area contributed by atoms with Crippen LogP contribution >= 0.6 is 0 Å². The topological polar surface area (TPSA) is 52.6 Å². The number of nitrogens with zero attached hydrogens (tertiary/aromatic N) is 1. The van der Waals surface area contributed by atoms with Gasteiger partial charge in [-0.2, -0.15) is 0 Å². The second-order valence-electron chi connectivity index (χ2n) is 4.90. The van der Waals surface area contributed by atoms with Crippen LogP contribution in [0.25, 0.3) is 0 Å². The molecule has 1 fully saturated rings. The molecule has 100 valence electrons. The quantitative estimate of drug-likeness (QED) is 0.713. The molecule has 2 unspecified atom stereocenters. The van der Waals surface area contributed by atoms with Gasteiger partial charge in [-0.15, -0.1) is 0 Å². The van der Waals surface area contributed by atoms with E-state index in [0.29, 0.717) is 12.6 Å². The van der Waals surface area contributed by atoms with E-state index in [4.69, 9.17) is 0 Å². The molecule has 0 spiro atoms. The Bertz CT molecular complexity index is 233. The number of carboxylic acids is 1. The van der Waals surface area contributed by atoms with Crippen LogP contribution in [0.1, 0.15) is 46.0 Å². The molecule has 1 heterocycles. The van der Waals surface area contributed by atoms with Gasteiger partial charge in [-0.25, -0.2) is 0 Å². The summed E-state index contributed by atoms with van der Waals surface area (Å²) in [5, 5.41) is 12.3. The molecule has 0 aromatic carbocycles. The molecule has 1 aliphatic rings. The smallest absolute Gasteiger partial charge is 0.322 e. The van der Waals surface area contributed by atoms with Crippen LogP contribution in [0, 0.1) is 0 Å². The highest BCUT2D eigenvalue weighted by atomic mass is 16.4. The Kier molecular flexibility index (Phi) is 6.52. The lowest BCUT2D eigenvalue weighted by atomic mass is 9.99. The summed E-state index contributed by atoms with van der Waals surface area (Å²) in [7, 11) is 0. The zero-order chi connectivity index (χ0) is 12.7. The second kappa shape index (κ2) is 7.67. The molecule has 2 N–H and O–H groups in total. The first kappa shape index (κ1) is 14.5. The van der Waals surface area contributed by atoms with Crippen molar-refractivity contribution in [1.29, 1.82) is 0 Å². The van der Waals surface area contributed by atoms with E-state index in [1.54, 1.807) is 0 Å². The normalized spacial score (nSPS) is 23.5. The van der Waals surface area contributed by atoms with Gasteiger partial charge < -0.3 is 10.4 Å². The van der Waals surface area contributed by atoms with Gasteiger partial charge in [0, 0.05) is 12.6 Å². The van der Waals surface area contributed by atoms with Crippen molar-refractivity contribution in [2.45, 2.75) is 58.0 Å². The Balaban J connectivity index is 2.48. The van der Waals surface area contributed by atoms with Crippen LogP contribution in [0.5, 0.6) is 0 Å². The number of nitrogens with one attached hydrogen (secondary N) is 1. The first-order chi connectivity index (χ1) is 8.19. The SMILES string of the molecule is CCCNC(CN1CCCCC1CC)C(=O)O. The summed E-state index contributed by atoms with van der Waals surface area (Å²) in [6.45, 7) is 6.73. The summed E-state index contributed by atoms with van der Waals surface area (Å²) in [5.74, 6) is -0.723. The molecule has 2 atom stereocenters. The molecule has 1 rings (SSSR count). The van der Waals surface area contributed by atoms with Gasteiger partial charge in [-0.05, 0) is 38.8 Å². The lowest BCUT2D eigenvalue weighted by molar-refractivity contribution is -0.140. The molecule has 0 aliphatic carbocycles. The fourth-order valence-electron chi connectivity index (χ4n) is 2.55. The molecule has 0 amide bonds. The number of piperidine rings is 1. The number of carboxylic acid groups (broad SMARTS) is 1. The minimum atomic E-state index is -0.723. The number of hydrogen-bond acceptors (Lipinski definition) is 3. The molecule has 1 aliphatic heterocycles. The second-order valence-corrected chi connectivity index (χ2v) is 4.90. The molecule has 4 nitrogen and oxygen atoms in total. The van der Waals surface area contributed by atoms with Crippen molar-refractivity contribution in [3.63, 3.8) is 0 Å². The number of hydrogen-bond donors (Lipinski definition) is 2. The van der Waals surface area contributed by atoms with Gasteiger partial charge in [-0.3, -0.25) is 9.69 Å². The van der Waals surface area contributed by atoms with Gasteiger partial charge in [-0.1, -0.05) is 20.3 Å². The van der Waals surface area contributed by atoms with Crippen molar-refractivity contribution < 1.29 is 9.90 Å². The van der Waals surface area contributed by atoms with Crippen LogP contribution in [-0.2, 0) is 4.79 Å². The highest BCUT2D eigenvalue weighted by molar-refractivity contribution is 5.73. The Hall–Kier alpha value is -0.610. The molecule has 0 radical (unpaired) electrons. The van der Waals surface area contributed by atoms with Crippen molar-refractivity contribution in [3.05, 3.63) is 0 Å². The highest BCUT2D eigenvalue weighted by Crippen LogP contribution is 2.19.